The van der Waals surface area contributed by atoms with Crippen LogP contribution in [0.25, 0.3) is 0 Å². The molecule has 0 aliphatic carbocycles. The van der Waals surface area contributed by atoms with E-state index in [2.05, 4.69) is 0 Å². The standard InChI is InChI=1S/C21H31N3O6S/c1-21(2,3)30-20(26)24-11-5-6-18(24)19(25)22-12-14-23(15-13-22)31(27,28)17-9-7-16(29-4)8-10-17/h7-10,18H,5-6,11-15H2,1-4H3/t18-/m0/s1. The van der Waals surface area contributed by atoms with E-state index in [1.165, 1.54) is 28.4 Å². The molecular formula is C21H31N3O6S. The smallest absolute Gasteiger partial charge is 0.410 e. The Labute approximate surface area is 183 Å². The molecule has 0 aromatic heterocycles. The summed E-state index contributed by atoms with van der Waals surface area (Å²) in [5.74, 6) is 0.435. The van der Waals surface area contributed by atoms with Gasteiger partial charge >= 0.3 is 6.09 Å². The van der Waals surface area contributed by atoms with Gasteiger partial charge in [0.05, 0.1) is 12.0 Å². The van der Waals surface area contributed by atoms with Gasteiger partial charge in [-0.3, -0.25) is 9.69 Å². The number of nitrogens with zero attached hydrogens (tertiary/aromatic N) is 3. The first kappa shape index (κ1) is 23.3. The molecular weight excluding hydrogens is 422 g/mol. The molecule has 31 heavy (non-hydrogen) atoms. The zero-order chi connectivity index (χ0) is 22.8. The van der Waals surface area contributed by atoms with Gasteiger partial charge in [0.2, 0.25) is 15.9 Å². The van der Waals surface area contributed by atoms with Crippen molar-refractivity contribution >= 4 is 22.0 Å². The van der Waals surface area contributed by atoms with Gasteiger partial charge in [-0.05, 0) is 57.9 Å². The van der Waals surface area contributed by atoms with Crippen LogP contribution in [0.1, 0.15) is 33.6 Å². The minimum absolute atomic E-state index is 0.148. The van der Waals surface area contributed by atoms with Crippen LogP contribution in [0.3, 0.4) is 0 Å². The van der Waals surface area contributed by atoms with Crippen LogP contribution in [0.15, 0.2) is 29.2 Å². The Morgan fingerprint density at radius 1 is 1.00 bits per heavy atom. The van der Waals surface area contributed by atoms with E-state index in [4.69, 9.17) is 9.47 Å². The van der Waals surface area contributed by atoms with Crippen molar-refractivity contribution in [2.75, 3.05) is 39.8 Å². The van der Waals surface area contributed by atoms with E-state index in [0.717, 1.165) is 6.42 Å². The minimum atomic E-state index is -3.64. The Morgan fingerprint density at radius 2 is 1.61 bits per heavy atom. The number of hydrogen-bond acceptors (Lipinski definition) is 6. The van der Waals surface area contributed by atoms with Crippen molar-refractivity contribution in [3.63, 3.8) is 0 Å². The third-order valence-electron chi connectivity index (χ3n) is 5.41. The highest BCUT2D eigenvalue weighted by Crippen LogP contribution is 2.25. The Hall–Kier alpha value is -2.33. The quantitative estimate of drug-likeness (QED) is 0.691. The van der Waals surface area contributed by atoms with Crippen LogP contribution in [-0.4, -0.2) is 86.0 Å². The lowest BCUT2D eigenvalue weighted by Gasteiger charge is -2.37. The first-order valence-electron chi connectivity index (χ1n) is 10.5. The predicted octanol–water partition coefficient (Wildman–Crippen LogP) is 1.93. The number of carbonyl (C=O) groups excluding carboxylic acids is 2. The molecule has 2 amide bonds. The van der Waals surface area contributed by atoms with Gasteiger partial charge in [-0.2, -0.15) is 4.31 Å². The number of piperazine rings is 1. The summed E-state index contributed by atoms with van der Waals surface area (Å²) < 4.78 is 37.7. The van der Waals surface area contributed by atoms with E-state index < -0.39 is 27.8 Å². The molecule has 2 fully saturated rings. The molecule has 0 radical (unpaired) electrons. The maximum absolute atomic E-state index is 13.1. The van der Waals surface area contributed by atoms with Gasteiger partial charge < -0.3 is 14.4 Å². The van der Waals surface area contributed by atoms with Crippen LogP contribution in [0, 0.1) is 0 Å². The maximum atomic E-state index is 13.1. The van der Waals surface area contributed by atoms with E-state index in [0.29, 0.717) is 18.7 Å². The van der Waals surface area contributed by atoms with Crippen LogP contribution in [0.2, 0.25) is 0 Å². The number of methoxy groups -OCH3 is 1. The number of amides is 2. The lowest BCUT2D eigenvalue weighted by atomic mass is 10.1. The second-order valence-corrected chi connectivity index (χ2v) is 10.7. The summed E-state index contributed by atoms with van der Waals surface area (Å²) in [6, 6.07) is 5.70. The Balaban J connectivity index is 1.62. The van der Waals surface area contributed by atoms with Gasteiger partial charge in [-0.15, -0.1) is 0 Å². The number of ether oxygens (including phenoxy) is 2. The lowest BCUT2D eigenvalue weighted by molar-refractivity contribution is -0.137. The fourth-order valence-corrected chi connectivity index (χ4v) is 5.24. The van der Waals surface area contributed by atoms with E-state index in [9.17, 15) is 18.0 Å². The highest BCUT2D eigenvalue weighted by molar-refractivity contribution is 7.89. The van der Waals surface area contributed by atoms with E-state index in [-0.39, 0.29) is 37.0 Å². The first-order chi connectivity index (χ1) is 14.5. The van der Waals surface area contributed by atoms with Gasteiger partial charge in [0.25, 0.3) is 0 Å². The van der Waals surface area contributed by atoms with E-state index in [1.807, 2.05) is 0 Å². The third-order valence-corrected chi connectivity index (χ3v) is 7.33. The Morgan fingerprint density at radius 3 is 2.16 bits per heavy atom. The largest absolute Gasteiger partial charge is 0.497 e. The topological polar surface area (TPSA) is 96.5 Å². The maximum Gasteiger partial charge on any atom is 0.410 e. The summed E-state index contributed by atoms with van der Waals surface area (Å²) in [7, 11) is -2.12. The molecule has 2 aliphatic heterocycles. The molecule has 1 aromatic rings. The Kier molecular flexibility index (Phi) is 6.80. The molecule has 1 aromatic carbocycles. The molecule has 10 heteroatoms. The summed E-state index contributed by atoms with van der Waals surface area (Å²) >= 11 is 0. The highest BCUT2D eigenvalue weighted by atomic mass is 32.2. The Bertz CT molecular complexity index is 902. The highest BCUT2D eigenvalue weighted by Gasteiger charge is 2.40. The SMILES string of the molecule is COc1ccc(S(=O)(=O)N2CCN(C(=O)[C@@H]3CCCN3C(=O)OC(C)(C)C)CC2)cc1. The van der Waals surface area contributed by atoms with Crippen molar-refractivity contribution in [2.24, 2.45) is 0 Å². The van der Waals surface area contributed by atoms with Gasteiger partial charge in [0.1, 0.15) is 17.4 Å². The molecule has 1 atom stereocenters. The molecule has 3 rings (SSSR count). The number of hydrogen-bond donors (Lipinski definition) is 0. The second-order valence-electron chi connectivity index (χ2n) is 8.74. The number of sulfonamides is 1. The summed E-state index contributed by atoms with van der Waals surface area (Å²) in [5.41, 5.74) is -0.630. The third kappa shape index (κ3) is 5.30. The van der Waals surface area contributed by atoms with Gasteiger partial charge in [-0.1, -0.05) is 0 Å². The van der Waals surface area contributed by atoms with Crippen molar-refractivity contribution in [3.05, 3.63) is 24.3 Å². The summed E-state index contributed by atoms with van der Waals surface area (Å²) in [5, 5.41) is 0. The van der Waals surface area contributed by atoms with Crippen LogP contribution >= 0.6 is 0 Å². The molecule has 0 saturated carbocycles. The summed E-state index contributed by atoms with van der Waals surface area (Å²) in [6.45, 7) is 6.84. The van der Waals surface area contributed by atoms with E-state index in [1.54, 1.807) is 37.8 Å². The van der Waals surface area contributed by atoms with Gasteiger partial charge in [0, 0.05) is 32.7 Å². The second kappa shape index (κ2) is 9.04. The van der Waals surface area contributed by atoms with Crippen molar-refractivity contribution in [3.8, 4) is 5.75 Å². The van der Waals surface area contributed by atoms with Crippen LogP contribution < -0.4 is 4.74 Å². The fraction of sp³-hybridized carbons (Fsp3) is 0.619. The van der Waals surface area contributed by atoms with Crippen LogP contribution in [-0.2, 0) is 19.6 Å². The molecule has 0 bridgehead atoms. The molecule has 9 nitrogen and oxygen atoms in total. The summed E-state index contributed by atoms with van der Waals surface area (Å²) in [6.07, 6.45) is 0.841. The van der Waals surface area contributed by atoms with Crippen LogP contribution in [0.5, 0.6) is 5.75 Å². The number of benzene rings is 1. The normalized spacial score (nSPS) is 20.6. The van der Waals surface area contributed by atoms with Crippen LogP contribution in [0.4, 0.5) is 4.79 Å². The van der Waals surface area contributed by atoms with Gasteiger partial charge in [-0.25, -0.2) is 13.2 Å². The molecule has 172 valence electrons. The zero-order valence-corrected chi connectivity index (χ0v) is 19.4. The molecule has 2 aliphatic rings. The van der Waals surface area contributed by atoms with Crippen molar-refractivity contribution in [1.82, 2.24) is 14.1 Å². The molecule has 0 unspecified atom stereocenters. The lowest BCUT2D eigenvalue weighted by Crippen LogP contribution is -2.55. The molecule has 0 N–H and O–H groups in total. The molecule has 2 saturated heterocycles. The average molecular weight is 454 g/mol. The van der Waals surface area contributed by atoms with Gasteiger partial charge in [0.15, 0.2) is 0 Å². The number of rotatable bonds is 4. The average Bonchev–Trinajstić information content (AvgIpc) is 3.22. The number of likely N-dealkylation sites (tertiary alicyclic amines) is 1. The van der Waals surface area contributed by atoms with Crippen molar-refractivity contribution < 1.29 is 27.5 Å². The summed E-state index contributed by atoms with van der Waals surface area (Å²) in [4.78, 5) is 28.9. The fourth-order valence-electron chi connectivity index (χ4n) is 3.82. The monoisotopic (exact) mass is 453 g/mol. The molecule has 2 heterocycles. The minimum Gasteiger partial charge on any atom is -0.497 e. The predicted molar refractivity (Wildman–Crippen MR) is 114 cm³/mol. The van der Waals surface area contributed by atoms with Crippen molar-refractivity contribution in [1.29, 1.82) is 0 Å². The van der Waals surface area contributed by atoms with E-state index >= 15 is 0 Å². The number of carbonyl (C=O) groups is 2. The van der Waals surface area contributed by atoms with Crippen molar-refractivity contribution in [2.45, 2.75) is 50.2 Å². The first-order valence-corrected chi connectivity index (χ1v) is 11.9. The zero-order valence-electron chi connectivity index (χ0n) is 18.5. The molecule has 0 spiro atoms.